The number of hydrogen-bond donors (Lipinski definition) is 1. The molecule has 108 valence electrons. The van der Waals surface area contributed by atoms with Gasteiger partial charge in [-0.15, -0.1) is 0 Å². The molecule has 0 unspecified atom stereocenters. The van der Waals surface area contributed by atoms with E-state index < -0.39 is 0 Å². The van der Waals surface area contributed by atoms with E-state index in [0.29, 0.717) is 11.6 Å². The Morgan fingerprint density at radius 1 is 1.14 bits per heavy atom. The molecule has 0 aliphatic rings. The van der Waals surface area contributed by atoms with Crippen LogP contribution in [0.4, 0.5) is 0 Å². The summed E-state index contributed by atoms with van der Waals surface area (Å²) in [6.45, 7) is 2.74. The van der Waals surface area contributed by atoms with Gasteiger partial charge in [0.05, 0.1) is 16.4 Å². The molecule has 0 saturated heterocycles. The number of halogens is 1. The molecule has 1 aromatic carbocycles. The van der Waals surface area contributed by atoms with E-state index in [0.717, 1.165) is 35.4 Å². The summed E-state index contributed by atoms with van der Waals surface area (Å²) >= 11 is 6.11. The highest BCUT2D eigenvalue weighted by molar-refractivity contribution is 6.30. The number of benzene rings is 1. The summed E-state index contributed by atoms with van der Waals surface area (Å²) in [4.78, 5) is 4.75. The van der Waals surface area contributed by atoms with Crippen LogP contribution in [0.25, 0.3) is 16.9 Å². The minimum Gasteiger partial charge on any atom is -0.330 e. The first-order valence-corrected chi connectivity index (χ1v) is 7.56. The molecule has 0 aliphatic carbocycles. The van der Waals surface area contributed by atoms with Crippen LogP contribution in [-0.4, -0.2) is 15.9 Å². The van der Waals surface area contributed by atoms with Crippen LogP contribution in [0.5, 0.6) is 0 Å². The third kappa shape index (κ3) is 2.67. The predicted molar refractivity (Wildman–Crippen MR) is 87.8 cm³/mol. The van der Waals surface area contributed by atoms with Crippen molar-refractivity contribution in [1.82, 2.24) is 9.38 Å². The largest absolute Gasteiger partial charge is 0.330 e. The van der Waals surface area contributed by atoms with Gasteiger partial charge in [0.2, 0.25) is 0 Å². The van der Waals surface area contributed by atoms with Gasteiger partial charge in [-0.3, -0.25) is 0 Å². The van der Waals surface area contributed by atoms with E-state index in [9.17, 15) is 0 Å². The lowest BCUT2D eigenvalue weighted by atomic mass is 10.1. The van der Waals surface area contributed by atoms with Crippen molar-refractivity contribution < 1.29 is 0 Å². The average Bonchev–Trinajstić information content (AvgIpc) is 2.86. The molecule has 0 atom stereocenters. The first kappa shape index (κ1) is 14.1. The molecule has 0 aliphatic heterocycles. The maximum atomic E-state index is 6.11. The van der Waals surface area contributed by atoms with E-state index in [-0.39, 0.29) is 0 Å². The maximum absolute atomic E-state index is 6.11. The van der Waals surface area contributed by atoms with Crippen molar-refractivity contribution in [3.8, 4) is 11.3 Å². The molecule has 2 N–H and O–H groups in total. The highest BCUT2D eigenvalue weighted by atomic mass is 35.5. The fourth-order valence-electron chi connectivity index (χ4n) is 2.57. The zero-order valence-electron chi connectivity index (χ0n) is 12.0. The lowest BCUT2D eigenvalue weighted by Gasteiger charge is -2.05. The molecular formula is C17H18ClN3. The number of fused-ring (bicyclic) bond motifs is 1. The molecule has 0 amide bonds. The molecule has 0 radical (unpaired) electrons. The third-order valence-electron chi connectivity index (χ3n) is 3.70. The van der Waals surface area contributed by atoms with E-state index in [1.807, 2.05) is 22.7 Å². The number of rotatable bonds is 4. The van der Waals surface area contributed by atoms with Gasteiger partial charge in [0.1, 0.15) is 5.65 Å². The molecule has 0 fully saturated rings. The molecule has 0 bridgehead atoms. The first-order valence-electron chi connectivity index (χ1n) is 7.18. The molecule has 3 aromatic rings. The van der Waals surface area contributed by atoms with Gasteiger partial charge in [0.25, 0.3) is 0 Å². The Hall–Kier alpha value is -1.84. The number of nitrogens with two attached hydrogens (primary N) is 1. The van der Waals surface area contributed by atoms with Crippen LogP contribution in [0.1, 0.15) is 18.2 Å². The quantitative estimate of drug-likeness (QED) is 0.798. The molecule has 3 nitrogen and oxygen atoms in total. The van der Waals surface area contributed by atoms with Gasteiger partial charge in [0.15, 0.2) is 0 Å². The topological polar surface area (TPSA) is 43.3 Å². The second kappa shape index (κ2) is 5.88. The second-order valence-corrected chi connectivity index (χ2v) is 5.51. The Bertz CT molecular complexity index is 760. The Morgan fingerprint density at radius 2 is 1.90 bits per heavy atom. The van der Waals surface area contributed by atoms with Crippen LogP contribution in [0.2, 0.25) is 5.02 Å². The lowest BCUT2D eigenvalue weighted by Crippen LogP contribution is -2.06. The van der Waals surface area contributed by atoms with E-state index in [4.69, 9.17) is 22.3 Å². The van der Waals surface area contributed by atoms with Gasteiger partial charge in [-0.05, 0) is 30.7 Å². The smallest absolute Gasteiger partial charge is 0.137 e. The van der Waals surface area contributed by atoms with Gasteiger partial charge >= 0.3 is 0 Å². The summed E-state index contributed by atoms with van der Waals surface area (Å²) in [5, 5.41) is 0.700. The molecule has 4 heteroatoms. The Balaban J connectivity index is 2.17. The minimum atomic E-state index is 0.584. The van der Waals surface area contributed by atoms with Crippen molar-refractivity contribution in [3.63, 3.8) is 0 Å². The van der Waals surface area contributed by atoms with Crippen molar-refractivity contribution >= 4 is 17.2 Å². The van der Waals surface area contributed by atoms with E-state index in [2.05, 4.69) is 31.2 Å². The maximum Gasteiger partial charge on any atom is 0.137 e. The standard InChI is InChI=1S/C17H18ClN3/c1-2-12-3-5-13(6-4-12)17-15(9-10-19)21-11-14(18)7-8-16(21)20-17/h3-8,11H,2,9-10,19H2,1H3. The molecular weight excluding hydrogens is 282 g/mol. The van der Waals surface area contributed by atoms with Crippen LogP contribution in [0.15, 0.2) is 42.6 Å². The summed E-state index contributed by atoms with van der Waals surface area (Å²) < 4.78 is 2.04. The monoisotopic (exact) mass is 299 g/mol. The highest BCUT2D eigenvalue weighted by Crippen LogP contribution is 2.26. The Kier molecular flexibility index (Phi) is 3.95. The normalized spacial score (nSPS) is 11.2. The summed E-state index contributed by atoms with van der Waals surface area (Å²) in [7, 11) is 0. The Morgan fingerprint density at radius 3 is 2.57 bits per heavy atom. The SMILES string of the molecule is CCc1ccc(-c2nc3ccc(Cl)cn3c2CCN)cc1. The predicted octanol–water partition coefficient (Wildman–Crippen LogP) is 3.72. The number of imidazole rings is 1. The molecule has 2 heterocycles. The molecule has 2 aromatic heterocycles. The Labute approximate surface area is 129 Å². The number of nitrogens with zero attached hydrogens (tertiary/aromatic N) is 2. The van der Waals surface area contributed by atoms with Crippen molar-refractivity contribution in [2.24, 2.45) is 5.73 Å². The van der Waals surface area contributed by atoms with Crippen molar-refractivity contribution in [2.75, 3.05) is 6.54 Å². The molecule has 21 heavy (non-hydrogen) atoms. The average molecular weight is 300 g/mol. The highest BCUT2D eigenvalue weighted by Gasteiger charge is 2.13. The number of aromatic nitrogens is 2. The summed E-state index contributed by atoms with van der Waals surface area (Å²) in [5.41, 5.74) is 11.2. The van der Waals surface area contributed by atoms with Crippen molar-refractivity contribution in [3.05, 3.63) is 58.9 Å². The summed E-state index contributed by atoms with van der Waals surface area (Å²) in [5.74, 6) is 0. The van der Waals surface area contributed by atoms with Gasteiger partial charge in [-0.2, -0.15) is 0 Å². The number of hydrogen-bond acceptors (Lipinski definition) is 2. The minimum absolute atomic E-state index is 0.584. The van der Waals surface area contributed by atoms with E-state index in [1.54, 1.807) is 0 Å². The van der Waals surface area contributed by atoms with Crippen LogP contribution in [0.3, 0.4) is 0 Å². The van der Waals surface area contributed by atoms with E-state index in [1.165, 1.54) is 5.56 Å². The van der Waals surface area contributed by atoms with E-state index >= 15 is 0 Å². The molecule has 0 spiro atoms. The molecule has 3 rings (SSSR count). The number of aryl methyl sites for hydroxylation is 1. The van der Waals surface area contributed by atoms with Crippen LogP contribution in [-0.2, 0) is 12.8 Å². The lowest BCUT2D eigenvalue weighted by molar-refractivity contribution is 0.907. The zero-order valence-corrected chi connectivity index (χ0v) is 12.8. The zero-order chi connectivity index (χ0) is 14.8. The van der Waals surface area contributed by atoms with Gasteiger partial charge < -0.3 is 10.1 Å². The fourth-order valence-corrected chi connectivity index (χ4v) is 2.73. The molecule has 0 saturated carbocycles. The van der Waals surface area contributed by atoms with Crippen LogP contribution in [0, 0.1) is 0 Å². The van der Waals surface area contributed by atoms with Gasteiger partial charge in [-0.25, -0.2) is 4.98 Å². The summed E-state index contributed by atoms with van der Waals surface area (Å²) in [6, 6.07) is 12.4. The van der Waals surface area contributed by atoms with Gasteiger partial charge in [0, 0.05) is 18.2 Å². The number of pyridine rings is 1. The first-order chi connectivity index (χ1) is 10.2. The van der Waals surface area contributed by atoms with Crippen molar-refractivity contribution in [1.29, 1.82) is 0 Å². The summed E-state index contributed by atoms with van der Waals surface area (Å²) in [6.07, 6.45) is 3.71. The van der Waals surface area contributed by atoms with Crippen LogP contribution >= 0.6 is 11.6 Å². The van der Waals surface area contributed by atoms with Gasteiger partial charge in [-0.1, -0.05) is 42.8 Å². The van der Waals surface area contributed by atoms with Crippen molar-refractivity contribution in [2.45, 2.75) is 19.8 Å². The fraction of sp³-hybridized carbons (Fsp3) is 0.235. The van der Waals surface area contributed by atoms with Crippen LogP contribution < -0.4 is 5.73 Å². The third-order valence-corrected chi connectivity index (χ3v) is 3.92. The second-order valence-electron chi connectivity index (χ2n) is 5.07.